The third-order valence-electron chi connectivity index (χ3n) is 4.63. The number of nitrogens with zero attached hydrogens (tertiary/aromatic N) is 4. The third-order valence-corrected chi connectivity index (χ3v) is 5.73. The molecule has 0 aromatic carbocycles. The summed E-state index contributed by atoms with van der Waals surface area (Å²) in [4.78, 5) is 10.9. The lowest BCUT2D eigenvalue weighted by atomic mass is 10.1. The Balaban J connectivity index is 0.00000261. The zero-order valence-corrected chi connectivity index (χ0v) is 19.8. The molecule has 3 rings (SSSR count). The number of aromatic nitrogens is 3. The van der Waals surface area contributed by atoms with Crippen LogP contribution in [-0.2, 0) is 13.0 Å². The second-order valence-corrected chi connectivity index (χ2v) is 8.22. The molecule has 0 aliphatic carbocycles. The Morgan fingerprint density at radius 3 is 2.89 bits per heavy atom. The van der Waals surface area contributed by atoms with Crippen molar-refractivity contribution in [3.63, 3.8) is 0 Å². The lowest BCUT2D eigenvalue weighted by molar-refractivity contribution is 0.391. The number of hydrogen-bond donors (Lipinski definition) is 2. The number of aryl methyl sites for hydroxylation is 1. The third kappa shape index (κ3) is 5.91. The smallest absolute Gasteiger partial charge is 0.191 e. The van der Waals surface area contributed by atoms with Crippen molar-refractivity contribution in [1.29, 1.82) is 0 Å². The number of hydrogen-bond acceptors (Lipinski definition) is 4. The van der Waals surface area contributed by atoms with Gasteiger partial charge in [-0.3, -0.25) is 4.99 Å². The van der Waals surface area contributed by atoms with Gasteiger partial charge in [0.25, 0.3) is 0 Å². The van der Waals surface area contributed by atoms with Crippen molar-refractivity contribution in [3.05, 3.63) is 34.0 Å². The van der Waals surface area contributed by atoms with Gasteiger partial charge in [-0.15, -0.1) is 35.3 Å². The van der Waals surface area contributed by atoms with Crippen LogP contribution in [0.1, 0.15) is 62.5 Å². The van der Waals surface area contributed by atoms with Crippen LogP contribution in [0.2, 0.25) is 0 Å². The first-order chi connectivity index (χ1) is 12.6. The van der Waals surface area contributed by atoms with Gasteiger partial charge in [-0.1, -0.05) is 26.8 Å². The summed E-state index contributed by atoms with van der Waals surface area (Å²) in [6, 6.07) is 4.62. The predicted octanol–water partition coefficient (Wildman–Crippen LogP) is 3.75. The number of thiophene rings is 1. The Morgan fingerprint density at radius 2 is 2.22 bits per heavy atom. The lowest BCUT2D eigenvalue weighted by Crippen LogP contribution is -2.47. The van der Waals surface area contributed by atoms with E-state index in [2.05, 4.69) is 70.6 Å². The zero-order valence-electron chi connectivity index (χ0n) is 16.6. The molecule has 2 unspecified atom stereocenters. The Labute approximate surface area is 183 Å². The summed E-state index contributed by atoms with van der Waals surface area (Å²) < 4.78 is 2.06. The second kappa shape index (κ2) is 10.4. The highest BCUT2D eigenvalue weighted by molar-refractivity contribution is 14.0. The van der Waals surface area contributed by atoms with Crippen LogP contribution in [-0.4, -0.2) is 39.9 Å². The first-order valence-electron chi connectivity index (χ1n) is 9.58. The molecule has 27 heavy (non-hydrogen) atoms. The molecule has 2 atom stereocenters. The van der Waals surface area contributed by atoms with Gasteiger partial charge < -0.3 is 10.6 Å². The van der Waals surface area contributed by atoms with Crippen molar-refractivity contribution in [2.24, 2.45) is 4.99 Å². The van der Waals surface area contributed by atoms with E-state index < -0.39 is 0 Å². The topological polar surface area (TPSA) is 67.1 Å². The van der Waals surface area contributed by atoms with Crippen LogP contribution in [0.15, 0.2) is 22.5 Å². The highest BCUT2D eigenvalue weighted by Crippen LogP contribution is 2.21. The zero-order chi connectivity index (χ0) is 18.5. The van der Waals surface area contributed by atoms with Gasteiger partial charge >= 0.3 is 0 Å². The van der Waals surface area contributed by atoms with Crippen LogP contribution < -0.4 is 10.6 Å². The number of halogens is 1. The van der Waals surface area contributed by atoms with Crippen molar-refractivity contribution in [2.45, 2.75) is 65.0 Å². The minimum absolute atomic E-state index is 0. The normalized spacial score (nSPS) is 18.0. The summed E-state index contributed by atoms with van der Waals surface area (Å²) in [6.45, 7) is 11.1. The molecule has 0 spiro atoms. The number of fused-ring (bicyclic) bond motifs is 1. The Bertz CT molecular complexity index is 725. The van der Waals surface area contributed by atoms with Crippen molar-refractivity contribution < 1.29 is 0 Å². The van der Waals surface area contributed by atoms with E-state index in [0.717, 1.165) is 50.1 Å². The van der Waals surface area contributed by atoms with Crippen LogP contribution in [0.3, 0.4) is 0 Å². The maximum Gasteiger partial charge on any atom is 0.191 e. The number of aliphatic imine (C=N–C) groups is 1. The van der Waals surface area contributed by atoms with E-state index >= 15 is 0 Å². The minimum atomic E-state index is 0. The molecular formula is C19H31IN6S. The predicted molar refractivity (Wildman–Crippen MR) is 123 cm³/mol. The van der Waals surface area contributed by atoms with E-state index in [-0.39, 0.29) is 24.0 Å². The molecule has 0 fully saturated rings. The number of rotatable bonds is 6. The fraction of sp³-hybridized carbons (Fsp3) is 0.632. The monoisotopic (exact) mass is 502 g/mol. The van der Waals surface area contributed by atoms with Gasteiger partial charge in [0.1, 0.15) is 5.82 Å². The summed E-state index contributed by atoms with van der Waals surface area (Å²) in [5.74, 6) is 3.77. The first kappa shape index (κ1) is 22.1. The van der Waals surface area contributed by atoms with Crippen LogP contribution >= 0.6 is 35.3 Å². The first-order valence-corrected chi connectivity index (χ1v) is 10.5. The summed E-state index contributed by atoms with van der Waals surface area (Å²) in [5, 5.41) is 13.8. The van der Waals surface area contributed by atoms with E-state index in [9.17, 15) is 0 Å². The van der Waals surface area contributed by atoms with Gasteiger partial charge in [-0.2, -0.15) is 5.10 Å². The molecular weight excluding hydrogens is 471 g/mol. The lowest BCUT2D eigenvalue weighted by Gasteiger charge is -2.25. The highest BCUT2D eigenvalue weighted by Gasteiger charge is 2.23. The molecule has 8 heteroatoms. The molecule has 3 heterocycles. The van der Waals surface area contributed by atoms with Crippen molar-refractivity contribution in [3.8, 4) is 0 Å². The minimum Gasteiger partial charge on any atom is -0.357 e. The number of guanidine groups is 1. The van der Waals surface area contributed by atoms with Crippen molar-refractivity contribution in [2.75, 3.05) is 13.1 Å². The van der Waals surface area contributed by atoms with E-state index in [1.54, 1.807) is 11.3 Å². The quantitative estimate of drug-likeness (QED) is 0.359. The highest BCUT2D eigenvalue weighted by atomic mass is 127. The fourth-order valence-corrected chi connectivity index (χ4v) is 3.87. The largest absolute Gasteiger partial charge is 0.357 e. The molecule has 2 aromatic rings. The Kier molecular flexibility index (Phi) is 8.53. The summed E-state index contributed by atoms with van der Waals surface area (Å²) in [6.07, 6.45) is 2.02. The van der Waals surface area contributed by atoms with Crippen LogP contribution in [0.25, 0.3) is 0 Å². The average Bonchev–Trinajstić information content (AvgIpc) is 3.28. The van der Waals surface area contributed by atoms with Gasteiger partial charge in [-0.25, -0.2) is 9.67 Å². The molecule has 150 valence electrons. The maximum absolute atomic E-state index is 4.81. The molecule has 0 saturated carbocycles. The Morgan fingerprint density at radius 1 is 1.41 bits per heavy atom. The molecule has 1 aliphatic rings. The maximum atomic E-state index is 4.81. The van der Waals surface area contributed by atoms with E-state index in [1.807, 2.05) is 0 Å². The summed E-state index contributed by atoms with van der Waals surface area (Å²) in [5.41, 5.74) is 0. The molecule has 0 amide bonds. The molecule has 0 bridgehead atoms. The van der Waals surface area contributed by atoms with Gasteiger partial charge in [-0.05, 0) is 24.8 Å². The van der Waals surface area contributed by atoms with Gasteiger partial charge in [0.2, 0.25) is 0 Å². The fourth-order valence-electron chi connectivity index (χ4n) is 3.09. The van der Waals surface area contributed by atoms with Crippen molar-refractivity contribution in [1.82, 2.24) is 25.4 Å². The molecule has 2 aromatic heterocycles. The Hall–Kier alpha value is -1.16. The summed E-state index contributed by atoms with van der Waals surface area (Å²) in [7, 11) is 0. The molecule has 0 saturated heterocycles. The molecule has 2 N–H and O–H groups in total. The summed E-state index contributed by atoms with van der Waals surface area (Å²) >= 11 is 1.80. The molecule has 0 radical (unpaired) electrons. The van der Waals surface area contributed by atoms with Crippen molar-refractivity contribution >= 4 is 41.3 Å². The van der Waals surface area contributed by atoms with Gasteiger partial charge in [0.05, 0.1) is 13.1 Å². The van der Waals surface area contributed by atoms with Gasteiger partial charge in [0.15, 0.2) is 11.8 Å². The van der Waals surface area contributed by atoms with Crippen LogP contribution in [0.4, 0.5) is 0 Å². The molecule has 1 aliphatic heterocycles. The standard InChI is InChI=1S/C19H30N6S.HI/c1-5-20-19(21-11-14(4)16-7-6-10-26-16)22-15-8-9-17-23-18(13(2)3)24-25(17)12-15;/h6-7,10,13-15H,5,8-9,11-12H2,1-4H3,(H2,20,21,22);1H. The van der Waals surface area contributed by atoms with E-state index in [0.29, 0.717) is 17.9 Å². The van der Waals surface area contributed by atoms with Crippen LogP contribution in [0, 0.1) is 0 Å². The van der Waals surface area contributed by atoms with E-state index in [4.69, 9.17) is 4.99 Å². The second-order valence-electron chi connectivity index (χ2n) is 7.24. The number of nitrogens with one attached hydrogen (secondary N) is 2. The average molecular weight is 502 g/mol. The molecule has 6 nitrogen and oxygen atoms in total. The van der Waals surface area contributed by atoms with Gasteiger partial charge in [0, 0.05) is 35.7 Å². The SMILES string of the molecule is CCNC(=NCC(C)c1cccs1)NC1CCc2nc(C(C)C)nn2C1.I. The van der Waals surface area contributed by atoms with Crippen LogP contribution in [0.5, 0.6) is 0 Å². The van der Waals surface area contributed by atoms with E-state index in [1.165, 1.54) is 4.88 Å².